The summed E-state index contributed by atoms with van der Waals surface area (Å²) in [7, 11) is 1.78. The highest BCUT2D eigenvalue weighted by Crippen LogP contribution is 2.45. The van der Waals surface area contributed by atoms with Crippen LogP contribution in [-0.4, -0.2) is 45.5 Å². The monoisotopic (exact) mass is 248 g/mol. The Morgan fingerprint density at radius 3 is 2.94 bits per heavy atom. The first-order valence-electron chi connectivity index (χ1n) is 6.00. The minimum absolute atomic E-state index is 0.0425. The fourth-order valence-corrected chi connectivity index (χ4v) is 1.92. The van der Waals surface area contributed by atoms with Crippen LogP contribution in [0.4, 0.5) is 11.8 Å². The standard InChI is InChI=1S/C11H16N6O/c1-12-10-15-8(7-4-14-17-9(7)16-10)13-5-11(6-18)2-3-11/h4,18H,2-3,5-6H2,1H3,(H3,12,13,14,15,16,17). The maximum atomic E-state index is 9.30. The van der Waals surface area contributed by atoms with Crippen molar-refractivity contribution >= 4 is 22.8 Å². The fraction of sp³-hybridized carbons (Fsp3) is 0.545. The number of hydrogen-bond donors (Lipinski definition) is 4. The molecule has 0 unspecified atom stereocenters. The lowest BCUT2D eigenvalue weighted by Gasteiger charge is -2.14. The average Bonchev–Trinajstić information content (AvgIpc) is 3.04. The summed E-state index contributed by atoms with van der Waals surface area (Å²) >= 11 is 0. The largest absolute Gasteiger partial charge is 0.396 e. The summed E-state index contributed by atoms with van der Waals surface area (Å²) in [6, 6.07) is 0. The Kier molecular flexibility index (Phi) is 2.55. The Labute approximate surface area is 104 Å². The summed E-state index contributed by atoms with van der Waals surface area (Å²) in [6.45, 7) is 0.947. The van der Waals surface area contributed by atoms with E-state index >= 15 is 0 Å². The van der Waals surface area contributed by atoms with Gasteiger partial charge in [-0.15, -0.1) is 0 Å². The molecule has 3 rings (SSSR count). The lowest BCUT2D eigenvalue weighted by Crippen LogP contribution is -2.20. The zero-order valence-corrected chi connectivity index (χ0v) is 10.2. The Morgan fingerprint density at radius 1 is 1.44 bits per heavy atom. The molecule has 0 aliphatic heterocycles. The molecule has 2 aromatic rings. The summed E-state index contributed by atoms with van der Waals surface area (Å²) in [5.74, 6) is 1.29. The van der Waals surface area contributed by atoms with Crippen molar-refractivity contribution in [2.75, 3.05) is 30.8 Å². The van der Waals surface area contributed by atoms with Crippen LogP contribution in [0, 0.1) is 5.41 Å². The van der Waals surface area contributed by atoms with Gasteiger partial charge in [0.15, 0.2) is 5.65 Å². The van der Waals surface area contributed by atoms with Gasteiger partial charge in [-0.3, -0.25) is 5.10 Å². The molecule has 1 fully saturated rings. The smallest absolute Gasteiger partial charge is 0.226 e. The van der Waals surface area contributed by atoms with Gasteiger partial charge >= 0.3 is 0 Å². The van der Waals surface area contributed by atoms with Crippen LogP contribution in [0.15, 0.2) is 6.20 Å². The lowest BCUT2D eigenvalue weighted by atomic mass is 10.1. The van der Waals surface area contributed by atoms with Gasteiger partial charge in [-0.2, -0.15) is 15.1 Å². The number of nitrogens with zero attached hydrogens (tertiary/aromatic N) is 3. The van der Waals surface area contributed by atoms with Gasteiger partial charge in [-0.25, -0.2) is 0 Å². The van der Waals surface area contributed by atoms with Crippen molar-refractivity contribution < 1.29 is 5.11 Å². The number of anilines is 2. The normalized spacial score (nSPS) is 16.8. The summed E-state index contributed by atoms with van der Waals surface area (Å²) in [4.78, 5) is 8.65. The third kappa shape index (κ3) is 1.86. The number of nitrogens with one attached hydrogen (secondary N) is 3. The number of aliphatic hydroxyl groups excluding tert-OH is 1. The first-order valence-corrected chi connectivity index (χ1v) is 6.00. The van der Waals surface area contributed by atoms with Gasteiger partial charge in [-0.05, 0) is 12.8 Å². The Morgan fingerprint density at radius 2 is 2.28 bits per heavy atom. The molecular weight excluding hydrogens is 232 g/mol. The summed E-state index contributed by atoms with van der Waals surface area (Å²) < 4.78 is 0. The van der Waals surface area contributed by atoms with Gasteiger partial charge in [0.1, 0.15) is 5.82 Å². The molecule has 1 saturated carbocycles. The van der Waals surface area contributed by atoms with Crippen molar-refractivity contribution in [3.05, 3.63) is 6.20 Å². The van der Waals surface area contributed by atoms with Gasteiger partial charge < -0.3 is 15.7 Å². The van der Waals surface area contributed by atoms with Crippen LogP contribution in [0.25, 0.3) is 11.0 Å². The molecule has 0 atom stereocenters. The summed E-state index contributed by atoms with van der Waals surface area (Å²) in [5.41, 5.74) is 0.742. The molecule has 4 N–H and O–H groups in total. The van der Waals surface area contributed by atoms with Crippen LogP contribution in [0.3, 0.4) is 0 Å². The van der Waals surface area contributed by atoms with E-state index in [9.17, 15) is 5.11 Å². The van der Waals surface area contributed by atoms with Crippen molar-refractivity contribution in [3.63, 3.8) is 0 Å². The van der Waals surface area contributed by atoms with E-state index < -0.39 is 0 Å². The number of fused-ring (bicyclic) bond motifs is 1. The summed E-state index contributed by atoms with van der Waals surface area (Å²) in [5, 5.41) is 23.2. The molecule has 0 amide bonds. The average molecular weight is 248 g/mol. The fourth-order valence-electron chi connectivity index (χ4n) is 1.92. The molecule has 96 valence electrons. The molecule has 0 bridgehead atoms. The second kappa shape index (κ2) is 4.09. The van der Waals surface area contributed by atoms with Crippen molar-refractivity contribution in [1.82, 2.24) is 20.2 Å². The third-order valence-corrected chi connectivity index (χ3v) is 3.46. The van der Waals surface area contributed by atoms with Crippen LogP contribution in [0.2, 0.25) is 0 Å². The number of hydrogen-bond acceptors (Lipinski definition) is 6. The molecule has 1 aliphatic carbocycles. The Bertz CT molecular complexity index is 562. The maximum Gasteiger partial charge on any atom is 0.226 e. The van der Waals surface area contributed by atoms with Crippen LogP contribution in [0.1, 0.15) is 12.8 Å². The highest BCUT2D eigenvalue weighted by atomic mass is 16.3. The van der Waals surface area contributed by atoms with E-state index in [2.05, 4.69) is 30.8 Å². The quantitative estimate of drug-likeness (QED) is 0.618. The minimum Gasteiger partial charge on any atom is -0.396 e. The van der Waals surface area contributed by atoms with Crippen molar-refractivity contribution in [2.24, 2.45) is 5.41 Å². The molecule has 1 aliphatic rings. The second-order valence-corrected chi connectivity index (χ2v) is 4.79. The number of rotatable bonds is 5. The molecule has 18 heavy (non-hydrogen) atoms. The van der Waals surface area contributed by atoms with Crippen molar-refractivity contribution in [3.8, 4) is 0 Å². The minimum atomic E-state index is 0.0425. The number of aliphatic hydroxyl groups is 1. The van der Waals surface area contributed by atoms with Crippen molar-refractivity contribution in [2.45, 2.75) is 12.8 Å². The third-order valence-electron chi connectivity index (χ3n) is 3.46. The molecule has 0 aromatic carbocycles. The molecule has 0 radical (unpaired) electrons. The predicted molar refractivity (Wildman–Crippen MR) is 68.5 cm³/mol. The van der Waals surface area contributed by atoms with Crippen LogP contribution >= 0.6 is 0 Å². The number of aromatic nitrogens is 4. The van der Waals surface area contributed by atoms with Crippen LogP contribution in [0.5, 0.6) is 0 Å². The topological polar surface area (TPSA) is 98.8 Å². The van der Waals surface area contributed by atoms with Crippen LogP contribution in [-0.2, 0) is 0 Å². The highest BCUT2D eigenvalue weighted by molar-refractivity contribution is 5.86. The Balaban J connectivity index is 1.87. The van der Waals surface area contributed by atoms with Crippen LogP contribution < -0.4 is 10.6 Å². The van der Waals surface area contributed by atoms with E-state index in [1.54, 1.807) is 13.2 Å². The number of H-pyrrole nitrogens is 1. The molecule has 0 saturated heterocycles. The van der Waals surface area contributed by atoms with Gasteiger partial charge in [-0.1, -0.05) is 0 Å². The molecule has 7 heteroatoms. The lowest BCUT2D eigenvalue weighted by molar-refractivity contribution is 0.219. The van der Waals surface area contributed by atoms with Crippen molar-refractivity contribution in [1.29, 1.82) is 0 Å². The van der Waals surface area contributed by atoms with Gasteiger partial charge in [0.25, 0.3) is 0 Å². The van der Waals surface area contributed by atoms with E-state index in [0.717, 1.165) is 30.6 Å². The zero-order chi connectivity index (χ0) is 12.6. The molecule has 2 heterocycles. The molecule has 2 aromatic heterocycles. The maximum absolute atomic E-state index is 9.30. The predicted octanol–water partition coefficient (Wildman–Crippen LogP) is 0.579. The molecule has 0 spiro atoms. The van der Waals surface area contributed by atoms with Gasteiger partial charge in [0, 0.05) is 19.0 Å². The molecular formula is C11H16N6O. The number of aromatic amines is 1. The van der Waals surface area contributed by atoms with Gasteiger partial charge in [0.05, 0.1) is 18.2 Å². The van der Waals surface area contributed by atoms with E-state index in [0.29, 0.717) is 11.6 Å². The SMILES string of the molecule is CNc1nc(NCC2(CO)CC2)c2cn[nH]c2n1. The summed E-state index contributed by atoms with van der Waals surface area (Å²) in [6.07, 6.45) is 3.83. The highest BCUT2D eigenvalue weighted by Gasteiger charge is 2.41. The van der Waals surface area contributed by atoms with E-state index in [4.69, 9.17) is 0 Å². The van der Waals surface area contributed by atoms with E-state index in [1.807, 2.05) is 0 Å². The van der Waals surface area contributed by atoms with E-state index in [-0.39, 0.29) is 12.0 Å². The Hall–Kier alpha value is -1.89. The first kappa shape index (κ1) is 11.2. The zero-order valence-electron chi connectivity index (χ0n) is 10.2. The first-order chi connectivity index (χ1) is 8.76. The van der Waals surface area contributed by atoms with E-state index in [1.165, 1.54) is 0 Å². The second-order valence-electron chi connectivity index (χ2n) is 4.79. The molecule has 7 nitrogen and oxygen atoms in total. The van der Waals surface area contributed by atoms with Gasteiger partial charge in [0.2, 0.25) is 5.95 Å².